The Morgan fingerprint density at radius 1 is 1.22 bits per heavy atom. The first-order chi connectivity index (χ1) is 13.2. The minimum Gasteiger partial charge on any atom is -0.482 e. The Labute approximate surface area is 162 Å². The fourth-order valence-electron chi connectivity index (χ4n) is 3.46. The standard InChI is InChI=1S/C20H24N4O2S/c1-2-21-20-24(23-15-7-5-3-4-6-8-15)17(13-27-20)14-9-10-18-16(11-14)22-19(25)12-26-18/h9-11,13H,2-8,12H2,1H3,(H,22,25). The van der Waals surface area contributed by atoms with Crippen molar-refractivity contribution in [2.45, 2.75) is 45.4 Å². The van der Waals surface area contributed by atoms with Crippen LogP contribution in [0.2, 0.25) is 0 Å². The number of aromatic nitrogens is 1. The zero-order valence-electron chi connectivity index (χ0n) is 15.5. The summed E-state index contributed by atoms with van der Waals surface area (Å²) in [6.45, 7) is 2.82. The van der Waals surface area contributed by atoms with Gasteiger partial charge >= 0.3 is 0 Å². The third-order valence-corrected chi connectivity index (χ3v) is 5.66. The highest BCUT2D eigenvalue weighted by molar-refractivity contribution is 7.07. The van der Waals surface area contributed by atoms with E-state index in [2.05, 4.69) is 15.7 Å². The van der Waals surface area contributed by atoms with Crippen LogP contribution in [-0.2, 0) is 4.79 Å². The number of carbonyl (C=O) groups is 1. The van der Waals surface area contributed by atoms with Crippen LogP contribution in [0.15, 0.2) is 33.7 Å². The molecule has 2 aromatic rings. The summed E-state index contributed by atoms with van der Waals surface area (Å²) in [7, 11) is 0. The van der Waals surface area contributed by atoms with Crippen molar-refractivity contribution in [2.24, 2.45) is 10.1 Å². The first-order valence-electron chi connectivity index (χ1n) is 9.59. The van der Waals surface area contributed by atoms with Crippen molar-refractivity contribution in [2.75, 3.05) is 18.5 Å². The van der Waals surface area contributed by atoms with Crippen LogP contribution in [0.25, 0.3) is 11.3 Å². The number of hydrogen-bond acceptors (Lipinski definition) is 5. The second-order valence-corrected chi connectivity index (χ2v) is 7.65. The minimum atomic E-state index is -0.127. The molecule has 2 aliphatic rings. The van der Waals surface area contributed by atoms with E-state index >= 15 is 0 Å². The van der Waals surface area contributed by atoms with Gasteiger partial charge in [0.1, 0.15) is 5.75 Å². The summed E-state index contributed by atoms with van der Waals surface area (Å²) in [6.07, 6.45) is 7.11. The number of ether oxygens (including phenoxy) is 1. The highest BCUT2D eigenvalue weighted by Crippen LogP contribution is 2.33. The molecule has 2 heterocycles. The predicted molar refractivity (Wildman–Crippen MR) is 109 cm³/mol. The molecule has 142 valence electrons. The van der Waals surface area contributed by atoms with E-state index in [4.69, 9.17) is 9.84 Å². The van der Waals surface area contributed by atoms with Gasteiger partial charge in [0.25, 0.3) is 5.91 Å². The highest BCUT2D eigenvalue weighted by atomic mass is 32.1. The molecule has 0 saturated heterocycles. The summed E-state index contributed by atoms with van der Waals surface area (Å²) < 4.78 is 7.45. The number of amides is 1. The molecule has 0 radical (unpaired) electrons. The molecular weight excluding hydrogens is 360 g/mol. The number of rotatable bonds is 3. The minimum absolute atomic E-state index is 0.0674. The molecule has 1 N–H and O–H groups in total. The van der Waals surface area contributed by atoms with Crippen molar-refractivity contribution in [3.8, 4) is 17.0 Å². The van der Waals surface area contributed by atoms with E-state index in [1.165, 1.54) is 31.4 Å². The summed E-state index contributed by atoms with van der Waals surface area (Å²) in [6, 6.07) is 5.87. The van der Waals surface area contributed by atoms with Crippen LogP contribution < -0.4 is 14.9 Å². The number of hydrogen-bond donors (Lipinski definition) is 1. The predicted octanol–water partition coefficient (Wildman–Crippen LogP) is 4.03. The molecule has 7 heteroatoms. The summed E-state index contributed by atoms with van der Waals surface area (Å²) in [4.78, 5) is 17.2. The fourth-order valence-corrected chi connectivity index (χ4v) is 4.35. The van der Waals surface area contributed by atoms with Crippen molar-refractivity contribution < 1.29 is 9.53 Å². The van der Waals surface area contributed by atoms with Gasteiger partial charge in [0.05, 0.1) is 11.4 Å². The van der Waals surface area contributed by atoms with Gasteiger partial charge in [-0.2, -0.15) is 5.10 Å². The van der Waals surface area contributed by atoms with Crippen LogP contribution >= 0.6 is 11.3 Å². The Kier molecular flexibility index (Phi) is 5.38. The largest absolute Gasteiger partial charge is 0.482 e. The Bertz CT molecular complexity index is 932. The van der Waals surface area contributed by atoms with Crippen LogP contribution in [0, 0.1) is 0 Å². The van der Waals surface area contributed by atoms with Crippen LogP contribution in [0.3, 0.4) is 0 Å². The molecule has 6 nitrogen and oxygen atoms in total. The third kappa shape index (κ3) is 3.98. The number of nitrogens with zero attached hydrogens (tertiary/aromatic N) is 3. The van der Waals surface area contributed by atoms with Crippen LogP contribution in [0.4, 0.5) is 5.69 Å². The van der Waals surface area contributed by atoms with Crippen molar-refractivity contribution in [3.05, 3.63) is 28.4 Å². The van der Waals surface area contributed by atoms with Crippen LogP contribution in [-0.4, -0.2) is 29.4 Å². The number of thiazole rings is 1. The van der Waals surface area contributed by atoms with E-state index in [0.29, 0.717) is 11.4 Å². The molecule has 0 atom stereocenters. The smallest absolute Gasteiger partial charge is 0.262 e. The van der Waals surface area contributed by atoms with Gasteiger partial charge in [0.2, 0.25) is 4.80 Å². The molecule has 1 aromatic carbocycles. The van der Waals surface area contributed by atoms with Crippen molar-refractivity contribution >= 4 is 28.6 Å². The lowest BCUT2D eigenvalue weighted by Crippen LogP contribution is -2.25. The summed E-state index contributed by atoms with van der Waals surface area (Å²) in [5, 5.41) is 9.96. The molecule has 1 fully saturated rings. The average Bonchev–Trinajstić information content (AvgIpc) is 2.88. The maximum atomic E-state index is 11.6. The molecule has 1 aliphatic carbocycles. The zero-order valence-corrected chi connectivity index (χ0v) is 16.3. The van der Waals surface area contributed by atoms with Gasteiger partial charge in [0, 0.05) is 23.2 Å². The van der Waals surface area contributed by atoms with Gasteiger partial charge in [-0.3, -0.25) is 9.79 Å². The topological polar surface area (TPSA) is 68.0 Å². The number of benzene rings is 1. The molecule has 0 bridgehead atoms. The second kappa shape index (κ2) is 8.08. The lowest BCUT2D eigenvalue weighted by Gasteiger charge is -2.18. The Hall–Kier alpha value is -2.41. The van der Waals surface area contributed by atoms with Gasteiger partial charge in [-0.15, -0.1) is 11.3 Å². The summed E-state index contributed by atoms with van der Waals surface area (Å²) >= 11 is 1.60. The fraction of sp³-hybridized carbons (Fsp3) is 0.450. The molecule has 4 rings (SSSR count). The highest BCUT2D eigenvalue weighted by Gasteiger charge is 2.18. The van der Waals surface area contributed by atoms with Gasteiger partial charge in [-0.1, -0.05) is 12.8 Å². The quantitative estimate of drug-likeness (QED) is 0.812. The monoisotopic (exact) mass is 384 g/mol. The van der Waals surface area contributed by atoms with E-state index < -0.39 is 0 Å². The van der Waals surface area contributed by atoms with Gasteiger partial charge in [-0.05, 0) is 50.8 Å². The third-order valence-electron chi connectivity index (χ3n) is 4.81. The number of nitrogens with one attached hydrogen (secondary N) is 1. The zero-order chi connectivity index (χ0) is 18.6. The number of carbonyl (C=O) groups excluding carboxylic acids is 1. The Morgan fingerprint density at radius 2 is 2.04 bits per heavy atom. The second-order valence-electron chi connectivity index (χ2n) is 6.82. The van der Waals surface area contributed by atoms with E-state index in [1.807, 2.05) is 29.8 Å². The summed E-state index contributed by atoms with van der Waals surface area (Å²) in [5.74, 6) is 0.576. The van der Waals surface area contributed by atoms with Crippen molar-refractivity contribution in [1.29, 1.82) is 0 Å². The van der Waals surface area contributed by atoms with E-state index in [9.17, 15) is 4.79 Å². The number of anilines is 1. The lowest BCUT2D eigenvalue weighted by atomic mass is 10.1. The van der Waals surface area contributed by atoms with Gasteiger partial charge in [0.15, 0.2) is 6.61 Å². The maximum absolute atomic E-state index is 11.6. The normalized spacial score (nSPS) is 17.7. The first-order valence-corrected chi connectivity index (χ1v) is 10.5. The molecule has 1 saturated carbocycles. The Balaban J connectivity index is 1.77. The molecule has 27 heavy (non-hydrogen) atoms. The van der Waals surface area contributed by atoms with Crippen molar-refractivity contribution in [3.63, 3.8) is 0 Å². The molecular formula is C20H24N4O2S. The lowest BCUT2D eigenvalue weighted by molar-refractivity contribution is -0.118. The molecule has 1 aliphatic heterocycles. The molecule has 0 unspecified atom stereocenters. The summed E-state index contributed by atoms with van der Waals surface area (Å²) in [5.41, 5.74) is 3.94. The maximum Gasteiger partial charge on any atom is 0.262 e. The molecule has 1 amide bonds. The average molecular weight is 385 g/mol. The number of fused-ring (bicyclic) bond motifs is 1. The molecule has 1 aromatic heterocycles. The molecule has 0 spiro atoms. The van der Waals surface area contributed by atoms with Crippen LogP contribution in [0.1, 0.15) is 45.4 Å². The van der Waals surface area contributed by atoms with E-state index in [0.717, 1.165) is 35.4 Å². The van der Waals surface area contributed by atoms with Crippen molar-refractivity contribution in [1.82, 2.24) is 4.68 Å². The van der Waals surface area contributed by atoms with Gasteiger partial charge in [-0.25, -0.2) is 4.68 Å². The van der Waals surface area contributed by atoms with E-state index in [-0.39, 0.29) is 12.5 Å². The van der Waals surface area contributed by atoms with E-state index in [1.54, 1.807) is 11.3 Å². The van der Waals surface area contributed by atoms with Crippen LogP contribution in [0.5, 0.6) is 5.75 Å². The van der Waals surface area contributed by atoms with Gasteiger partial charge < -0.3 is 10.1 Å². The first kappa shape index (κ1) is 18.0. The Morgan fingerprint density at radius 3 is 2.81 bits per heavy atom. The SMILES string of the molecule is CCN=c1scc(-c2ccc3c(c2)NC(=O)CO3)n1N=C1CCCCCC1.